The molecule has 0 unspecified atom stereocenters. The molecule has 3 aromatic heterocycles. The largest absolute Gasteiger partial charge is 0.333 e. The van der Waals surface area contributed by atoms with Crippen molar-refractivity contribution in [2.24, 2.45) is 5.92 Å². The minimum atomic E-state index is -0.248. The molecule has 1 aliphatic rings. The Labute approximate surface area is 218 Å². The molecule has 4 heterocycles. The molecule has 1 aromatic carbocycles. The second-order valence-corrected chi connectivity index (χ2v) is 10.5. The third kappa shape index (κ3) is 5.04. The number of aromatic nitrogens is 4. The number of nitriles is 1. The number of benzene rings is 1. The number of para-hydroxylation sites is 2. The summed E-state index contributed by atoms with van der Waals surface area (Å²) in [5.41, 5.74) is 2.74. The van der Waals surface area contributed by atoms with E-state index in [-0.39, 0.29) is 29.3 Å². The molecule has 9 nitrogen and oxygen atoms in total. The van der Waals surface area contributed by atoms with Crippen molar-refractivity contribution in [1.29, 1.82) is 5.26 Å². The van der Waals surface area contributed by atoms with Crippen molar-refractivity contribution in [2.75, 3.05) is 11.9 Å². The van der Waals surface area contributed by atoms with Crippen LogP contribution in [0.1, 0.15) is 36.4 Å². The van der Waals surface area contributed by atoms with Gasteiger partial charge in [-0.05, 0) is 43.0 Å². The highest BCUT2D eigenvalue weighted by Crippen LogP contribution is 2.29. The average molecular weight is 514 g/mol. The SMILES string of the molecule is CC(C)C=C(C#N)C(=O)N1CCC[C@H]1Cn1c(NC(=O)c2ccc(-c3cn[nH]c3)s2)nc2ccccc21. The molecule has 0 bridgehead atoms. The number of carbonyl (C=O) groups is 2. The molecule has 1 aliphatic heterocycles. The molecule has 1 saturated heterocycles. The summed E-state index contributed by atoms with van der Waals surface area (Å²) in [6, 6.07) is 13.3. The van der Waals surface area contributed by atoms with E-state index >= 15 is 0 Å². The molecule has 0 radical (unpaired) electrons. The van der Waals surface area contributed by atoms with E-state index in [9.17, 15) is 14.9 Å². The van der Waals surface area contributed by atoms with Gasteiger partial charge in [0.15, 0.2) is 0 Å². The van der Waals surface area contributed by atoms with Crippen LogP contribution in [0.2, 0.25) is 0 Å². The first-order valence-corrected chi connectivity index (χ1v) is 13.0. The zero-order valence-corrected chi connectivity index (χ0v) is 21.5. The van der Waals surface area contributed by atoms with Crippen LogP contribution in [0.25, 0.3) is 21.5 Å². The first kappa shape index (κ1) is 24.5. The van der Waals surface area contributed by atoms with Gasteiger partial charge < -0.3 is 9.47 Å². The standard InChI is InChI=1S/C27H27N7O2S/c1-17(2)12-18(13-28)26(36)33-11-5-6-20(33)16-34-22-8-4-3-7-21(22)31-27(34)32-25(35)24-10-9-23(37-24)19-14-29-30-15-19/h3-4,7-10,12,14-15,17,20H,5-6,11,16H2,1-2H3,(H,29,30)(H,31,32,35)/t20-/m0/s1. The van der Waals surface area contributed by atoms with Crippen molar-refractivity contribution in [3.8, 4) is 16.5 Å². The number of hydrogen-bond acceptors (Lipinski definition) is 6. The third-order valence-corrected chi connectivity index (χ3v) is 7.51. The topological polar surface area (TPSA) is 120 Å². The Morgan fingerprint density at radius 3 is 2.89 bits per heavy atom. The van der Waals surface area contributed by atoms with Gasteiger partial charge >= 0.3 is 0 Å². The number of aromatic amines is 1. The fraction of sp³-hybridized carbons (Fsp3) is 0.296. The number of likely N-dealkylation sites (tertiary alicyclic amines) is 1. The maximum absolute atomic E-state index is 13.2. The van der Waals surface area contributed by atoms with Crippen molar-refractivity contribution in [2.45, 2.75) is 39.3 Å². The number of hydrogen-bond donors (Lipinski definition) is 2. The van der Waals surface area contributed by atoms with Gasteiger partial charge in [0.2, 0.25) is 5.95 Å². The number of H-pyrrole nitrogens is 1. The Bertz CT molecular complexity index is 1510. The van der Waals surface area contributed by atoms with E-state index in [0.29, 0.717) is 23.9 Å². The van der Waals surface area contributed by atoms with E-state index in [4.69, 9.17) is 4.98 Å². The molecular weight excluding hydrogens is 486 g/mol. The van der Waals surface area contributed by atoms with E-state index in [0.717, 1.165) is 34.3 Å². The number of carbonyl (C=O) groups excluding carboxylic acids is 2. The van der Waals surface area contributed by atoms with Crippen LogP contribution in [0.3, 0.4) is 0 Å². The lowest BCUT2D eigenvalue weighted by Crippen LogP contribution is -2.39. The second-order valence-electron chi connectivity index (χ2n) is 9.37. The van der Waals surface area contributed by atoms with Gasteiger partial charge in [-0.2, -0.15) is 10.4 Å². The van der Waals surface area contributed by atoms with Crippen molar-refractivity contribution in [3.63, 3.8) is 0 Å². The summed E-state index contributed by atoms with van der Waals surface area (Å²) < 4.78 is 1.96. The van der Waals surface area contributed by atoms with Crippen molar-refractivity contribution in [1.82, 2.24) is 24.6 Å². The highest BCUT2D eigenvalue weighted by molar-refractivity contribution is 7.17. The number of imidazole rings is 1. The van der Waals surface area contributed by atoms with Crippen molar-refractivity contribution < 1.29 is 9.59 Å². The molecule has 10 heteroatoms. The van der Waals surface area contributed by atoms with Crippen LogP contribution in [0.15, 0.2) is 60.4 Å². The number of anilines is 1. The smallest absolute Gasteiger partial charge is 0.268 e. The van der Waals surface area contributed by atoms with Gasteiger partial charge in [0.1, 0.15) is 11.6 Å². The van der Waals surface area contributed by atoms with Gasteiger partial charge in [0.25, 0.3) is 11.8 Å². The maximum Gasteiger partial charge on any atom is 0.268 e. The average Bonchev–Trinajstić information content (AvgIpc) is 3.69. The monoisotopic (exact) mass is 513 g/mol. The summed E-state index contributed by atoms with van der Waals surface area (Å²) in [6.07, 6.45) is 6.89. The lowest BCUT2D eigenvalue weighted by atomic mass is 10.1. The molecule has 188 valence electrons. The zero-order chi connectivity index (χ0) is 25.9. The molecule has 1 atom stereocenters. The van der Waals surface area contributed by atoms with Gasteiger partial charge in [-0.1, -0.05) is 32.1 Å². The van der Waals surface area contributed by atoms with Gasteiger partial charge in [0.05, 0.1) is 28.1 Å². The highest BCUT2D eigenvalue weighted by atomic mass is 32.1. The fourth-order valence-electron chi connectivity index (χ4n) is 4.67. The van der Waals surface area contributed by atoms with Crippen LogP contribution in [0, 0.1) is 17.2 Å². The van der Waals surface area contributed by atoms with E-state index in [1.54, 1.807) is 29.4 Å². The van der Waals surface area contributed by atoms with Crippen molar-refractivity contribution >= 4 is 40.1 Å². The van der Waals surface area contributed by atoms with Gasteiger partial charge in [-0.25, -0.2) is 4.98 Å². The molecule has 0 aliphatic carbocycles. The highest BCUT2D eigenvalue weighted by Gasteiger charge is 2.32. The minimum Gasteiger partial charge on any atom is -0.333 e. The van der Waals surface area contributed by atoms with E-state index in [1.165, 1.54) is 11.3 Å². The fourth-order valence-corrected chi connectivity index (χ4v) is 5.55. The van der Waals surface area contributed by atoms with Gasteiger partial charge in [-0.3, -0.25) is 20.0 Å². The lowest BCUT2D eigenvalue weighted by Gasteiger charge is -2.26. The molecular formula is C27H27N7O2S. The molecule has 2 N–H and O–H groups in total. The summed E-state index contributed by atoms with van der Waals surface area (Å²) in [5, 5.41) is 19.3. The summed E-state index contributed by atoms with van der Waals surface area (Å²) in [4.78, 5) is 34.4. The molecule has 0 saturated carbocycles. The van der Waals surface area contributed by atoms with Gasteiger partial charge in [-0.15, -0.1) is 11.3 Å². The predicted octanol–water partition coefficient (Wildman–Crippen LogP) is 4.84. The predicted molar refractivity (Wildman–Crippen MR) is 143 cm³/mol. The van der Waals surface area contributed by atoms with E-state index < -0.39 is 0 Å². The molecule has 1 fully saturated rings. The van der Waals surface area contributed by atoms with Crippen LogP contribution in [0.5, 0.6) is 0 Å². The van der Waals surface area contributed by atoms with Crippen LogP contribution >= 0.6 is 11.3 Å². The van der Waals surface area contributed by atoms with E-state index in [1.807, 2.05) is 48.7 Å². The molecule has 5 rings (SSSR count). The molecule has 37 heavy (non-hydrogen) atoms. The van der Waals surface area contributed by atoms with E-state index in [2.05, 4.69) is 21.6 Å². The number of rotatable bonds is 7. The van der Waals surface area contributed by atoms with Crippen LogP contribution < -0.4 is 5.32 Å². The summed E-state index contributed by atoms with van der Waals surface area (Å²) in [7, 11) is 0. The Morgan fingerprint density at radius 1 is 1.30 bits per heavy atom. The zero-order valence-electron chi connectivity index (χ0n) is 20.6. The lowest BCUT2D eigenvalue weighted by molar-refractivity contribution is -0.127. The normalized spacial score (nSPS) is 15.9. The number of nitrogens with one attached hydrogen (secondary N) is 2. The Kier molecular flexibility index (Phi) is 6.88. The summed E-state index contributed by atoms with van der Waals surface area (Å²) in [5.74, 6) is 0.0497. The Morgan fingerprint density at radius 2 is 2.14 bits per heavy atom. The Balaban J connectivity index is 1.41. The van der Waals surface area contributed by atoms with Crippen LogP contribution in [-0.4, -0.2) is 49.0 Å². The molecule has 4 aromatic rings. The second kappa shape index (κ2) is 10.4. The number of thiophene rings is 1. The number of nitrogens with zero attached hydrogens (tertiary/aromatic N) is 5. The first-order chi connectivity index (χ1) is 17.9. The summed E-state index contributed by atoms with van der Waals surface area (Å²) >= 11 is 1.38. The molecule has 0 spiro atoms. The number of amides is 2. The molecule has 2 amide bonds. The first-order valence-electron chi connectivity index (χ1n) is 12.2. The number of allylic oxidation sites excluding steroid dienone is 1. The third-order valence-electron chi connectivity index (χ3n) is 6.37. The number of fused-ring (bicyclic) bond motifs is 1. The van der Waals surface area contributed by atoms with Crippen molar-refractivity contribution in [3.05, 3.63) is 65.3 Å². The van der Waals surface area contributed by atoms with Gasteiger partial charge in [0, 0.05) is 29.7 Å². The summed E-state index contributed by atoms with van der Waals surface area (Å²) in [6.45, 7) is 4.96. The van der Waals surface area contributed by atoms with Crippen LogP contribution in [0.4, 0.5) is 5.95 Å². The maximum atomic E-state index is 13.2. The minimum absolute atomic E-state index is 0.102. The quantitative estimate of drug-likeness (QED) is 0.271. The van der Waals surface area contributed by atoms with Crippen LogP contribution in [-0.2, 0) is 11.3 Å². The Hall–Kier alpha value is -4.23.